The van der Waals surface area contributed by atoms with E-state index in [1.807, 2.05) is 0 Å². The molecule has 5 nitrogen and oxygen atoms in total. The number of urea groups is 1. The van der Waals surface area contributed by atoms with Crippen LogP contribution in [-0.2, 0) is 6.54 Å². The van der Waals surface area contributed by atoms with Gasteiger partial charge in [0.2, 0.25) is 0 Å². The molecule has 20 heavy (non-hydrogen) atoms. The maximum atomic E-state index is 12.2. The van der Waals surface area contributed by atoms with Crippen LogP contribution in [0.15, 0.2) is 24.3 Å². The second-order valence-corrected chi connectivity index (χ2v) is 3.95. The standard InChI is InChI=1S/C13H18F2N2O3/c1-2-17(7-8-18)13(19)16-9-10-5-3-4-6-11(10)20-12(14)15/h3-6,12,18H,2,7-9H2,1H3,(H,16,19). The van der Waals surface area contributed by atoms with Crippen molar-refractivity contribution in [3.8, 4) is 5.75 Å². The van der Waals surface area contributed by atoms with Gasteiger partial charge in [0.15, 0.2) is 0 Å². The first kappa shape index (κ1) is 16.2. The Morgan fingerprint density at radius 1 is 1.45 bits per heavy atom. The van der Waals surface area contributed by atoms with Crippen molar-refractivity contribution in [2.24, 2.45) is 0 Å². The van der Waals surface area contributed by atoms with E-state index in [4.69, 9.17) is 5.11 Å². The molecule has 1 aromatic rings. The Morgan fingerprint density at radius 2 is 2.15 bits per heavy atom. The molecule has 0 aromatic heterocycles. The molecule has 0 atom stereocenters. The van der Waals surface area contributed by atoms with Gasteiger partial charge >= 0.3 is 12.6 Å². The number of aliphatic hydroxyl groups is 1. The number of hydrogen-bond acceptors (Lipinski definition) is 3. The molecule has 0 heterocycles. The zero-order valence-electron chi connectivity index (χ0n) is 11.2. The predicted molar refractivity (Wildman–Crippen MR) is 69.6 cm³/mol. The number of rotatable bonds is 7. The minimum atomic E-state index is -2.91. The summed E-state index contributed by atoms with van der Waals surface area (Å²) >= 11 is 0. The minimum Gasteiger partial charge on any atom is -0.434 e. The molecule has 112 valence electrons. The van der Waals surface area contributed by atoms with Crippen molar-refractivity contribution in [2.75, 3.05) is 19.7 Å². The van der Waals surface area contributed by atoms with Crippen molar-refractivity contribution in [3.63, 3.8) is 0 Å². The highest BCUT2D eigenvalue weighted by atomic mass is 19.3. The summed E-state index contributed by atoms with van der Waals surface area (Å²) in [5, 5.41) is 11.4. The molecule has 0 radical (unpaired) electrons. The minimum absolute atomic E-state index is 0.0352. The van der Waals surface area contributed by atoms with Crippen LogP contribution in [0.2, 0.25) is 0 Å². The lowest BCUT2D eigenvalue weighted by atomic mass is 10.2. The van der Waals surface area contributed by atoms with E-state index < -0.39 is 6.61 Å². The third-order valence-corrected chi connectivity index (χ3v) is 2.66. The quantitative estimate of drug-likeness (QED) is 0.804. The van der Waals surface area contributed by atoms with Gasteiger partial charge in [-0.15, -0.1) is 0 Å². The third kappa shape index (κ3) is 5.00. The number of aliphatic hydroxyl groups excluding tert-OH is 1. The number of amides is 2. The number of carbonyl (C=O) groups is 1. The number of carbonyl (C=O) groups excluding carboxylic acids is 1. The summed E-state index contributed by atoms with van der Waals surface area (Å²) in [5.41, 5.74) is 0.459. The summed E-state index contributed by atoms with van der Waals surface area (Å²) in [6.45, 7) is -0.522. The Morgan fingerprint density at radius 3 is 2.75 bits per heavy atom. The lowest BCUT2D eigenvalue weighted by Crippen LogP contribution is -2.41. The molecule has 0 saturated carbocycles. The molecule has 0 aliphatic carbocycles. The van der Waals surface area contributed by atoms with E-state index in [2.05, 4.69) is 10.1 Å². The van der Waals surface area contributed by atoms with Gasteiger partial charge in [0.25, 0.3) is 0 Å². The maximum absolute atomic E-state index is 12.2. The maximum Gasteiger partial charge on any atom is 0.387 e. The van der Waals surface area contributed by atoms with Crippen LogP contribution in [-0.4, -0.2) is 42.3 Å². The van der Waals surface area contributed by atoms with E-state index in [9.17, 15) is 13.6 Å². The fourth-order valence-corrected chi connectivity index (χ4v) is 1.67. The van der Waals surface area contributed by atoms with Gasteiger partial charge in [-0.05, 0) is 13.0 Å². The van der Waals surface area contributed by atoms with Crippen LogP contribution in [0.25, 0.3) is 0 Å². The zero-order valence-corrected chi connectivity index (χ0v) is 11.2. The van der Waals surface area contributed by atoms with Gasteiger partial charge in [0, 0.05) is 25.2 Å². The highest BCUT2D eigenvalue weighted by molar-refractivity contribution is 5.74. The first-order valence-corrected chi connectivity index (χ1v) is 6.24. The lowest BCUT2D eigenvalue weighted by molar-refractivity contribution is -0.0504. The summed E-state index contributed by atoms with van der Waals surface area (Å²) in [7, 11) is 0. The number of alkyl halides is 2. The van der Waals surface area contributed by atoms with Gasteiger partial charge in [-0.1, -0.05) is 18.2 Å². The van der Waals surface area contributed by atoms with E-state index in [0.717, 1.165) is 0 Å². The highest BCUT2D eigenvalue weighted by Crippen LogP contribution is 2.19. The molecule has 0 spiro atoms. The van der Waals surface area contributed by atoms with Crippen LogP contribution in [0, 0.1) is 0 Å². The van der Waals surface area contributed by atoms with E-state index in [1.54, 1.807) is 25.1 Å². The summed E-state index contributed by atoms with van der Waals surface area (Å²) < 4.78 is 28.8. The number of benzene rings is 1. The summed E-state index contributed by atoms with van der Waals surface area (Å²) in [5.74, 6) is 0.0352. The van der Waals surface area contributed by atoms with Crippen LogP contribution in [0.5, 0.6) is 5.75 Å². The molecule has 0 saturated heterocycles. The predicted octanol–water partition coefficient (Wildman–Crippen LogP) is 1.81. The van der Waals surface area contributed by atoms with Crippen molar-refractivity contribution >= 4 is 6.03 Å². The number of likely N-dealkylation sites (N-methyl/N-ethyl adjacent to an activating group) is 1. The first-order chi connectivity index (χ1) is 9.58. The normalized spacial score (nSPS) is 10.4. The Hall–Kier alpha value is -1.89. The lowest BCUT2D eigenvalue weighted by Gasteiger charge is -2.20. The van der Waals surface area contributed by atoms with Gasteiger partial charge in [0.1, 0.15) is 5.75 Å². The van der Waals surface area contributed by atoms with Crippen molar-refractivity contribution in [1.82, 2.24) is 10.2 Å². The van der Waals surface area contributed by atoms with Crippen molar-refractivity contribution in [3.05, 3.63) is 29.8 Å². The molecule has 2 N–H and O–H groups in total. The molecule has 0 unspecified atom stereocenters. The molecule has 0 fully saturated rings. The van der Waals surface area contributed by atoms with Crippen molar-refractivity contribution in [1.29, 1.82) is 0 Å². The van der Waals surface area contributed by atoms with Crippen LogP contribution in [0.3, 0.4) is 0 Å². The molecule has 0 aliphatic rings. The summed E-state index contributed by atoms with van der Waals surface area (Å²) in [4.78, 5) is 13.2. The SMILES string of the molecule is CCN(CCO)C(=O)NCc1ccccc1OC(F)F. The Labute approximate surface area is 116 Å². The van der Waals surface area contributed by atoms with Crippen LogP contribution < -0.4 is 10.1 Å². The molecule has 1 aromatic carbocycles. The third-order valence-electron chi connectivity index (χ3n) is 2.66. The molecule has 2 amide bonds. The van der Waals surface area contributed by atoms with Crippen LogP contribution in [0.1, 0.15) is 12.5 Å². The van der Waals surface area contributed by atoms with E-state index >= 15 is 0 Å². The molecular formula is C13H18F2N2O3. The largest absolute Gasteiger partial charge is 0.434 e. The average Bonchev–Trinajstić information content (AvgIpc) is 2.43. The van der Waals surface area contributed by atoms with Crippen molar-refractivity contribution in [2.45, 2.75) is 20.1 Å². The fraction of sp³-hybridized carbons (Fsp3) is 0.462. The highest BCUT2D eigenvalue weighted by Gasteiger charge is 2.13. The number of para-hydroxylation sites is 1. The topological polar surface area (TPSA) is 61.8 Å². The molecule has 7 heteroatoms. The van der Waals surface area contributed by atoms with E-state index in [1.165, 1.54) is 11.0 Å². The number of ether oxygens (including phenoxy) is 1. The van der Waals surface area contributed by atoms with Crippen LogP contribution in [0.4, 0.5) is 13.6 Å². The second-order valence-electron chi connectivity index (χ2n) is 3.95. The number of halogens is 2. The molecule has 0 aliphatic heterocycles. The van der Waals surface area contributed by atoms with Crippen molar-refractivity contribution < 1.29 is 23.4 Å². The van der Waals surface area contributed by atoms with Gasteiger partial charge < -0.3 is 20.1 Å². The monoisotopic (exact) mass is 288 g/mol. The fourth-order valence-electron chi connectivity index (χ4n) is 1.67. The zero-order chi connectivity index (χ0) is 15.0. The molecule has 0 bridgehead atoms. The first-order valence-electron chi connectivity index (χ1n) is 6.24. The Bertz CT molecular complexity index is 430. The second kappa shape index (κ2) is 8.31. The van der Waals surface area contributed by atoms with E-state index in [0.29, 0.717) is 12.1 Å². The van der Waals surface area contributed by atoms with Gasteiger partial charge in [0.05, 0.1) is 6.61 Å². The molecule has 1 rings (SSSR count). The number of nitrogens with zero attached hydrogens (tertiary/aromatic N) is 1. The Balaban J connectivity index is 2.62. The number of nitrogens with one attached hydrogen (secondary N) is 1. The van der Waals surface area contributed by atoms with E-state index in [-0.39, 0.29) is 31.5 Å². The van der Waals surface area contributed by atoms with Gasteiger partial charge in [-0.3, -0.25) is 0 Å². The number of hydrogen-bond donors (Lipinski definition) is 2. The summed E-state index contributed by atoms with van der Waals surface area (Å²) in [6.07, 6.45) is 0. The molecular weight excluding hydrogens is 270 g/mol. The van der Waals surface area contributed by atoms with Gasteiger partial charge in [-0.2, -0.15) is 8.78 Å². The summed E-state index contributed by atoms with van der Waals surface area (Å²) in [6, 6.07) is 5.89. The average molecular weight is 288 g/mol. The van der Waals surface area contributed by atoms with Crippen LogP contribution >= 0.6 is 0 Å². The smallest absolute Gasteiger partial charge is 0.387 e. The van der Waals surface area contributed by atoms with Gasteiger partial charge in [-0.25, -0.2) is 4.79 Å². The Kier molecular flexibility index (Phi) is 6.72.